The smallest absolute Gasteiger partial charge is 0.0449 e. The maximum absolute atomic E-state index is 3.52. The molecule has 0 spiro atoms. The first-order chi connectivity index (χ1) is 7.36. The van der Waals surface area contributed by atoms with Crippen molar-refractivity contribution in [3.8, 4) is 0 Å². The number of hydrogen-bond donors (Lipinski definition) is 1. The largest absolute Gasteiger partial charge is 0.308 e. The van der Waals surface area contributed by atoms with Gasteiger partial charge in [-0.3, -0.25) is 0 Å². The Kier molecular flexibility index (Phi) is 5.37. The molecule has 1 saturated heterocycles. The molecular formula is C13H22N2. The van der Waals surface area contributed by atoms with E-state index in [9.17, 15) is 0 Å². The van der Waals surface area contributed by atoms with Crippen molar-refractivity contribution in [1.82, 2.24) is 10.2 Å². The van der Waals surface area contributed by atoms with Gasteiger partial charge in [0.25, 0.3) is 0 Å². The highest BCUT2D eigenvalue weighted by Crippen LogP contribution is 2.15. The van der Waals surface area contributed by atoms with Crippen LogP contribution in [0.2, 0.25) is 0 Å². The number of nitrogens with zero attached hydrogens (tertiary/aromatic N) is 1. The molecule has 0 aliphatic carbocycles. The maximum Gasteiger partial charge on any atom is 0.0449 e. The highest BCUT2D eigenvalue weighted by molar-refractivity contribution is 5.19. The van der Waals surface area contributed by atoms with Gasteiger partial charge in [0.2, 0.25) is 0 Å². The number of hydrogen-bond acceptors (Lipinski definition) is 2. The molecule has 1 aromatic rings. The Balaban J connectivity index is 0.000000531. The van der Waals surface area contributed by atoms with Crippen LogP contribution in [0.4, 0.5) is 0 Å². The Labute approximate surface area is 93.3 Å². The van der Waals surface area contributed by atoms with E-state index in [4.69, 9.17) is 0 Å². The molecule has 1 fully saturated rings. The lowest BCUT2D eigenvalue weighted by atomic mass is 10.1. The Morgan fingerprint density at radius 3 is 2.47 bits per heavy atom. The lowest BCUT2D eigenvalue weighted by Gasteiger charge is -2.31. The Bertz CT molecular complexity index is 258. The van der Waals surface area contributed by atoms with E-state index in [1.165, 1.54) is 5.56 Å². The van der Waals surface area contributed by atoms with Crippen molar-refractivity contribution < 1.29 is 0 Å². The Morgan fingerprint density at radius 2 is 1.87 bits per heavy atom. The first kappa shape index (κ1) is 12.2. The molecule has 0 amide bonds. The second-order valence-corrected chi connectivity index (χ2v) is 3.68. The zero-order chi connectivity index (χ0) is 11.1. The Morgan fingerprint density at radius 1 is 1.20 bits per heavy atom. The lowest BCUT2D eigenvalue weighted by Crippen LogP contribution is -2.43. The number of rotatable bonds is 1. The molecule has 0 saturated carbocycles. The first-order valence-corrected chi connectivity index (χ1v) is 5.83. The second-order valence-electron chi connectivity index (χ2n) is 3.68. The third-order valence-corrected chi connectivity index (χ3v) is 2.58. The van der Waals surface area contributed by atoms with E-state index in [1.807, 2.05) is 13.8 Å². The average Bonchev–Trinajstić information content (AvgIpc) is 2.33. The van der Waals surface area contributed by atoms with Gasteiger partial charge in [-0.05, 0) is 12.6 Å². The SMILES string of the molecule is CC.CN1CCNC(c2ccccc2)C1. The second kappa shape index (κ2) is 6.59. The number of piperazine rings is 1. The van der Waals surface area contributed by atoms with Crippen LogP contribution < -0.4 is 5.32 Å². The summed E-state index contributed by atoms with van der Waals surface area (Å²) < 4.78 is 0. The van der Waals surface area contributed by atoms with E-state index in [0.29, 0.717) is 6.04 Å². The summed E-state index contributed by atoms with van der Waals surface area (Å²) in [4.78, 5) is 2.37. The van der Waals surface area contributed by atoms with Crippen molar-refractivity contribution in [1.29, 1.82) is 0 Å². The monoisotopic (exact) mass is 206 g/mol. The van der Waals surface area contributed by atoms with Gasteiger partial charge in [0.05, 0.1) is 0 Å². The van der Waals surface area contributed by atoms with Crippen molar-refractivity contribution in [3.05, 3.63) is 35.9 Å². The van der Waals surface area contributed by atoms with Crippen LogP contribution in [-0.4, -0.2) is 31.6 Å². The van der Waals surface area contributed by atoms with Gasteiger partial charge in [0.1, 0.15) is 0 Å². The molecule has 15 heavy (non-hydrogen) atoms. The third-order valence-electron chi connectivity index (χ3n) is 2.58. The molecule has 1 aliphatic heterocycles. The molecule has 2 rings (SSSR count). The fraction of sp³-hybridized carbons (Fsp3) is 0.538. The maximum atomic E-state index is 3.52. The predicted molar refractivity (Wildman–Crippen MR) is 66.0 cm³/mol. The van der Waals surface area contributed by atoms with E-state index < -0.39 is 0 Å². The van der Waals surface area contributed by atoms with Gasteiger partial charge in [-0.2, -0.15) is 0 Å². The first-order valence-electron chi connectivity index (χ1n) is 5.83. The molecule has 2 heteroatoms. The minimum Gasteiger partial charge on any atom is -0.308 e. The number of benzene rings is 1. The zero-order valence-electron chi connectivity index (χ0n) is 10.0. The molecule has 1 aliphatic rings. The summed E-state index contributed by atoms with van der Waals surface area (Å²) in [6, 6.07) is 11.2. The van der Waals surface area contributed by atoms with Crippen LogP contribution in [0.25, 0.3) is 0 Å². The molecule has 1 unspecified atom stereocenters. The summed E-state index contributed by atoms with van der Waals surface area (Å²) in [6.45, 7) is 7.36. The van der Waals surface area contributed by atoms with Crippen molar-refractivity contribution in [2.24, 2.45) is 0 Å². The lowest BCUT2D eigenvalue weighted by molar-refractivity contribution is 0.241. The minimum absolute atomic E-state index is 0.514. The van der Waals surface area contributed by atoms with Crippen LogP contribution in [0.5, 0.6) is 0 Å². The van der Waals surface area contributed by atoms with Crippen LogP contribution in [0.1, 0.15) is 25.5 Å². The van der Waals surface area contributed by atoms with Gasteiger partial charge in [-0.15, -0.1) is 0 Å². The molecule has 1 atom stereocenters. The van der Waals surface area contributed by atoms with E-state index >= 15 is 0 Å². The van der Waals surface area contributed by atoms with Crippen molar-refractivity contribution in [2.45, 2.75) is 19.9 Å². The van der Waals surface area contributed by atoms with Gasteiger partial charge in [-0.25, -0.2) is 0 Å². The van der Waals surface area contributed by atoms with E-state index in [0.717, 1.165) is 19.6 Å². The summed E-state index contributed by atoms with van der Waals surface area (Å²) in [6.07, 6.45) is 0. The molecule has 1 N–H and O–H groups in total. The molecule has 1 aromatic carbocycles. The predicted octanol–water partition coefficient (Wildman–Crippen LogP) is 2.29. The summed E-state index contributed by atoms with van der Waals surface area (Å²) in [7, 11) is 2.18. The summed E-state index contributed by atoms with van der Waals surface area (Å²) in [5, 5.41) is 3.52. The standard InChI is InChI=1S/C11H16N2.C2H6/c1-13-8-7-12-11(9-13)10-5-3-2-4-6-10;1-2/h2-6,11-12H,7-9H2,1H3;1-2H3. The normalized spacial score (nSPS) is 21.7. The van der Waals surface area contributed by atoms with Crippen LogP contribution in [0.15, 0.2) is 30.3 Å². The van der Waals surface area contributed by atoms with Gasteiger partial charge >= 0.3 is 0 Å². The minimum atomic E-state index is 0.514. The molecular weight excluding hydrogens is 184 g/mol. The molecule has 0 aromatic heterocycles. The van der Waals surface area contributed by atoms with Crippen LogP contribution in [0.3, 0.4) is 0 Å². The average molecular weight is 206 g/mol. The van der Waals surface area contributed by atoms with Crippen LogP contribution in [0, 0.1) is 0 Å². The summed E-state index contributed by atoms with van der Waals surface area (Å²) in [5.41, 5.74) is 1.40. The fourth-order valence-corrected chi connectivity index (χ4v) is 1.81. The van der Waals surface area contributed by atoms with Gasteiger partial charge in [0, 0.05) is 25.7 Å². The highest BCUT2D eigenvalue weighted by atomic mass is 15.2. The molecule has 1 heterocycles. The van der Waals surface area contributed by atoms with Gasteiger partial charge in [0.15, 0.2) is 0 Å². The van der Waals surface area contributed by atoms with E-state index in [-0.39, 0.29) is 0 Å². The van der Waals surface area contributed by atoms with Crippen LogP contribution >= 0.6 is 0 Å². The Hall–Kier alpha value is -0.860. The summed E-state index contributed by atoms with van der Waals surface area (Å²) in [5.74, 6) is 0. The quantitative estimate of drug-likeness (QED) is 0.758. The fourth-order valence-electron chi connectivity index (χ4n) is 1.81. The van der Waals surface area contributed by atoms with Crippen LogP contribution in [-0.2, 0) is 0 Å². The third kappa shape index (κ3) is 3.65. The molecule has 2 nitrogen and oxygen atoms in total. The molecule has 0 radical (unpaired) electrons. The topological polar surface area (TPSA) is 15.3 Å². The number of likely N-dealkylation sites (N-methyl/N-ethyl adjacent to an activating group) is 1. The number of nitrogens with one attached hydrogen (secondary N) is 1. The van der Waals surface area contributed by atoms with E-state index in [2.05, 4.69) is 47.6 Å². The highest BCUT2D eigenvalue weighted by Gasteiger charge is 2.16. The van der Waals surface area contributed by atoms with Crippen molar-refractivity contribution in [3.63, 3.8) is 0 Å². The van der Waals surface area contributed by atoms with E-state index in [1.54, 1.807) is 0 Å². The molecule has 0 bridgehead atoms. The zero-order valence-corrected chi connectivity index (χ0v) is 10.0. The van der Waals surface area contributed by atoms with Gasteiger partial charge in [-0.1, -0.05) is 44.2 Å². The van der Waals surface area contributed by atoms with Crippen molar-refractivity contribution >= 4 is 0 Å². The molecule has 84 valence electrons. The van der Waals surface area contributed by atoms with Crippen molar-refractivity contribution in [2.75, 3.05) is 26.7 Å². The van der Waals surface area contributed by atoms with Gasteiger partial charge < -0.3 is 10.2 Å². The summed E-state index contributed by atoms with van der Waals surface area (Å²) >= 11 is 0.